The predicted molar refractivity (Wildman–Crippen MR) is 116 cm³/mol. The van der Waals surface area contributed by atoms with Gasteiger partial charge in [0, 0.05) is 13.6 Å². The first-order chi connectivity index (χ1) is 14.0. The molecule has 5 nitrogen and oxygen atoms in total. The van der Waals surface area contributed by atoms with Gasteiger partial charge in [0.25, 0.3) is 5.91 Å². The summed E-state index contributed by atoms with van der Waals surface area (Å²) in [4.78, 5) is 27.1. The highest BCUT2D eigenvalue weighted by Crippen LogP contribution is 2.26. The zero-order valence-electron chi connectivity index (χ0n) is 17.9. The molecule has 2 aromatic carbocycles. The van der Waals surface area contributed by atoms with E-state index in [2.05, 4.69) is 19.2 Å². The summed E-state index contributed by atoms with van der Waals surface area (Å²) in [5, 5.41) is 2.67. The molecule has 1 atom stereocenters. The summed E-state index contributed by atoms with van der Waals surface area (Å²) in [6, 6.07) is 17.2. The number of hydrogen-bond donors (Lipinski definition) is 1. The van der Waals surface area contributed by atoms with Crippen molar-refractivity contribution in [2.24, 2.45) is 0 Å². The van der Waals surface area contributed by atoms with Crippen LogP contribution in [0.4, 0.5) is 0 Å². The summed E-state index contributed by atoms with van der Waals surface area (Å²) < 4.78 is 5.88. The molecule has 29 heavy (non-hydrogen) atoms. The number of amides is 2. The molecule has 5 heteroatoms. The van der Waals surface area contributed by atoms with Gasteiger partial charge in [-0.15, -0.1) is 0 Å². The Balaban J connectivity index is 2.14. The smallest absolute Gasteiger partial charge is 0.261 e. The minimum Gasteiger partial charge on any atom is -0.483 e. The highest BCUT2D eigenvalue weighted by atomic mass is 16.5. The van der Waals surface area contributed by atoms with Crippen LogP contribution in [0, 0.1) is 0 Å². The van der Waals surface area contributed by atoms with Crippen LogP contribution in [-0.4, -0.2) is 43.0 Å². The van der Waals surface area contributed by atoms with Crippen LogP contribution in [0.2, 0.25) is 0 Å². The molecule has 0 unspecified atom stereocenters. The molecule has 0 aliphatic heterocycles. The number of likely N-dealkylation sites (N-methyl/N-ethyl adjacent to an activating group) is 1. The Labute approximate surface area is 174 Å². The molecule has 0 fully saturated rings. The first kappa shape index (κ1) is 22.5. The average Bonchev–Trinajstić information content (AvgIpc) is 2.75. The topological polar surface area (TPSA) is 58.6 Å². The lowest BCUT2D eigenvalue weighted by molar-refractivity contribution is -0.142. The Bertz CT molecular complexity index is 790. The van der Waals surface area contributed by atoms with Gasteiger partial charge in [-0.05, 0) is 36.0 Å². The molecule has 0 saturated heterocycles. The Morgan fingerprint density at radius 2 is 1.69 bits per heavy atom. The normalized spacial score (nSPS) is 11.8. The minimum atomic E-state index is -0.514. The fraction of sp³-hybridized carbons (Fsp3) is 0.417. The van der Waals surface area contributed by atoms with Crippen molar-refractivity contribution in [1.29, 1.82) is 0 Å². The van der Waals surface area contributed by atoms with Crippen LogP contribution in [0.3, 0.4) is 0 Å². The summed E-state index contributed by atoms with van der Waals surface area (Å²) >= 11 is 0. The molecular weight excluding hydrogens is 364 g/mol. The highest BCUT2D eigenvalue weighted by molar-refractivity contribution is 5.88. The Hall–Kier alpha value is -2.82. The second-order valence-corrected chi connectivity index (χ2v) is 7.34. The SMILES string of the molecule is CC[C@H](C(=O)NC)N(CCc1ccccc1)C(=O)COc1ccccc1C(C)C. The first-order valence-corrected chi connectivity index (χ1v) is 10.2. The molecule has 0 aliphatic carbocycles. The minimum absolute atomic E-state index is 0.0913. The molecule has 2 aromatic rings. The van der Waals surface area contributed by atoms with Crippen molar-refractivity contribution >= 4 is 11.8 Å². The van der Waals surface area contributed by atoms with Crippen molar-refractivity contribution in [1.82, 2.24) is 10.2 Å². The zero-order chi connectivity index (χ0) is 21.2. The molecule has 1 N–H and O–H groups in total. The molecule has 0 aromatic heterocycles. The Kier molecular flexibility index (Phi) is 8.71. The molecule has 0 bridgehead atoms. The quantitative estimate of drug-likeness (QED) is 0.665. The van der Waals surface area contributed by atoms with E-state index in [0.717, 1.165) is 11.1 Å². The third-order valence-electron chi connectivity index (χ3n) is 5.01. The van der Waals surface area contributed by atoms with Crippen molar-refractivity contribution < 1.29 is 14.3 Å². The number of nitrogens with one attached hydrogen (secondary N) is 1. The maximum Gasteiger partial charge on any atom is 0.261 e. The molecule has 0 aliphatic rings. The average molecular weight is 397 g/mol. The van der Waals surface area contributed by atoms with E-state index < -0.39 is 6.04 Å². The van der Waals surface area contributed by atoms with Gasteiger partial charge in [0.2, 0.25) is 5.91 Å². The molecule has 0 heterocycles. The first-order valence-electron chi connectivity index (χ1n) is 10.2. The van der Waals surface area contributed by atoms with Crippen LogP contribution in [0.1, 0.15) is 44.2 Å². The maximum absolute atomic E-state index is 13.1. The number of hydrogen-bond acceptors (Lipinski definition) is 3. The second kappa shape index (κ2) is 11.2. The second-order valence-electron chi connectivity index (χ2n) is 7.34. The molecule has 0 radical (unpaired) electrons. The number of nitrogens with zero attached hydrogens (tertiary/aromatic N) is 1. The number of para-hydroxylation sites is 1. The summed E-state index contributed by atoms with van der Waals surface area (Å²) in [6.45, 7) is 6.47. The van der Waals surface area contributed by atoms with Gasteiger partial charge in [0.1, 0.15) is 11.8 Å². The monoisotopic (exact) mass is 396 g/mol. The predicted octanol–water partition coefficient (Wildman–Crippen LogP) is 3.78. The van der Waals surface area contributed by atoms with Crippen molar-refractivity contribution in [3.05, 3.63) is 65.7 Å². The van der Waals surface area contributed by atoms with Crippen LogP contribution < -0.4 is 10.1 Å². The lowest BCUT2D eigenvalue weighted by Gasteiger charge is -2.30. The molecule has 2 amide bonds. The van der Waals surface area contributed by atoms with Crippen LogP contribution in [0.5, 0.6) is 5.75 Å². The molecule has 0 spiro atoms. The van der Waals surface area contributed by atoms with E-state index in [-0.39, 0.29) is 18.4 Å². The van der Waals surface area contributed by atoms with Crippen LogP contribution in [0.15, 0.2) is 54.6 Å². The van der Waals surface area contributed by atoms with Crippen LogP contribution in [0.25, 0.3) is 0 Å². The fourth-order valence-corrected chi connectivity index (χ4v) is 3.37. The van der Waals surface area contributed by atoms with E-state index in [1.807, 2.05) is 61.5 Å². The number of benzene rings is 2. The molecular formula is C24H32N2O3. The van der Waals surface area contributed by atoms with E-state index in [1.165, 1.54) is 0 Å². The van der Waals surface area contributed by atoms with Crippen molar-refractivity contribution in [3.63, 3.8) is 0 Å². The van der Waals surface area contributed by atoms with E-state index in [9.17, 15) is 9.59 Å². The van der Waals surface area contributed by atoms with E-state index in [0.29, 0.717) is 31.1 Å². The van der Waals surface area contributed by atoms with Gasteiger partial charge < -0.3 is 15.0 Å². The fourth-order valence-electron chi connectivity index (χ4n) is 3.37. The number of ether oxygens (including phenoxy) is 1. The largest absolute Gasteiger partial charge is 0.483 e. The van der Waals surface area contributed by atoms with E-state index in [4.69, 9.17) is 4.74 Å². The summed E-state index contributed by atoms with van der Waals surface area (Å²) in [7, 11) is 1.60. The van der Waals surface area contributed by atoms with Gasteiger partial charge in [0.05, 0.1) is 0 Å². The summed E-state index contributed by atoms with van der Waals surface area (Å²) in [5.74, 6) is 0.669. The van der Waals surface area contributed by atoms with Crippen molar-refractivity contribution in [3.8, 4) is 5.75 Å². The van der Waals surface area contributed by atoms with Gasteiger partial charge in [0.15, 0.2) is 6.61 Å². The molecule has 0 saturated carbocycles. The van der Waals surface area contributed by atoms with Crippen molar-refractivity contribution in [2.45, 2.75) is 45.6 Å². The zero-order valence-corrected chi connectivity index (χ0v) is 17.9. The summed E-state index contributed by atoms with van der Waals surface area (Å²) in [5.41, 5.74) is 2.19. The van der Waals surface area contributed by atoms with E-state index >= 15 is 0 Å². The van der Waals surface area contributed by atoms with Gasteiger partial charge in [-0.25, -0.2) is 0 Å². The number of rotatable bonds is 10. The highest BCUT2D eigenvalue weighted by Gasteiger charge is 2.28. The van der Waals surface area contributed by atoms with Gasteiger partial charge in [-0.3, -0.25) is 9.59 Å². The lowest BCUT2D eigenvalue weighted by atomic mass is 10.0. The van der Waals surface area contributed by atoms with Gasteiger partial charge >= 0.3 is 0 Å². The third-order valence-corrected chi connectivity index (χ3v) is 5.01. The lowest BCUT2D eigenvalue weighted by Crippen LogP contribution is -2.50. The Morgan fingerprint density at radius 3 is 2.31 bits per heavy atom. The Morgan fingerprint density at radius 1 is 1.03 bits per heavy atom. The van der Waals surface area contributed by atoms with Gasteiger partial charge in [-0.1, -0.05) is 69.3 Å². The molecule has 156 valence electrons. The maximum atomic E-state index is 13.1. The number of carbonyl (C=O) groups excluding carboxylic acids is 2. The van der Waals surface area contributed by atoms with Crippen molar-refractivity contribution in [2.75, 3.05) is 20.2 Å². The van der Waals surface area contributed by atoms with Crippen LogP contribution in [-0.2, 0) is 16.0 Å². The van der Waals surface area contributed by atoms with E-state index in [1.54, 1.807) is 11.9 Å². The standard InChI is InChI=1S/C24H32N2O3/c1-5-21(24(28)25-4)26(16-15-19-11-7-6-8-12-19)23(27)17-29-22-14-10-9-13-20(22)18(2)3/h6-14,18,21H,5,15-17H2,1-4H3,(H,25,28)/t21-/m1/s1. The van der Waals surface area contributed by atoms with Gasteiger partial charge in [-0.2, -0.15) is 0 Å². The number of carbonyl (C=O) groups is 2. The van der Waals surface area contributed by atoms with Crippen LogP contribution >= 0.6 is 0 Å². The molecule has 2 rings (SSSR count). The summed E-state index contributed by atoms with van der Waals surface area (Å²) in [6.07, 6.45) is 1.23. The third kappa shape index (κ3) is 6.34.